The second-order valence-corrected chi connectivity index (χ2v) is 6.80. The molecule has 0 spiro atoms. The van der Waals surface area contributed by atoms with Gasteiger partial charge in [0, 0.05) is 0 Å². The summed E-state index contributed by atoms with van der Waals surface area (Å²) in [5, 5.41) is 0. The molecule has 0 nitrogen and oxygen atoms in total. The molecule has 0 aromatic heterocycles. The summed E-state index contributed by atoms with van der Waals surface area (Å²) in [7, 11) is 0. The molecule has 1 heteroatoms. The summed E-state index contributed by atoms with van der Waals surface area (Å²) in [5.74, 6) is -0.157. The topological polar surface area (TPSA) is 0 Å². The van der Waals surface area contributed by atoms with Crippen molar-refractivity contribution in [3.8, 4) is 0 Å². The van der Waals surface area contributed by atoms with Crippen LogP contribution in [0.1, 0.15) is 43.7 Å². The average molecular weight is 320 g/mol. The molecule has 1 unspecified atom stereocenters. The zero-order valence-corrected chi connectivity index (χ0v) is 14.3. The minimum atomic E-state index is -0.157. The number of halogens is 1. The van der Waals surface area contributed by atoms with Crippen LogP contribution in [0, 0.1) is 11.2 Å². The van der Waals surface area contributed by atoms with E-state index >= 15 is 0 Å². The number of allylic oxidation sites excluding steroid dienone is 4. The maximum Gasteiger partial charge on any atom is 0.123 e. The van der Waals surface area contributed by atoms with Crippen molar-refractivity contribution in [3.05, 3.63) is 89.8 Å². The normalized spacial score (nSPS) is 20.0. The Kier molecular flexibility index (Phi) is 5.30. The SMILES string of the molecule is CCCC1(CCc2ccc(F)cc2)C=CC(c2ccccc2)=CC1. The lowest BCUT2D eigenvalue weighted by Gasteiger charge is -2.32. The van der Waals surface area contributed by atoms with Crippen molar-refractivity contribution in [2.24, 2.45) is 5.41 Å². The van der Waals surface area contributed by atoms with E-state index in [4.69, 9.17) is 0 Å². The second-order valence-electron chi connectivity index (χ2n) is 6.80. The van der Waals surface area contributed by atoms with E-state index in [9.17, 15) is 4.39 Å². The maximum atomic E-state index is 13.1. The number of rotatable bonds is 6. The molecule has 0 saturated heterocycles. The van der Waals surface area contributed by atoms with E-state index in [0.29, 0.717) is 0 Å². The van der Waals surface area contributed by atoms with Crippen molar-refractivity contribution in [2.45, 2.75) is 39.0 Å². The maximum absolute atomic E-state index is 13.1. The van der Waals surface area contributed by atoms with Crippen molar-refractivity contribution in [1.82, 2.24) is 0 Å². The molecule has 0 aliphatic heterocycles. The van der Waals surface area contributed by atoms with Gasteiger partial charge >= 0.3 is 0 Å². The highest BCUT2D eigenvalue weighted by Gasteiger charge is 2.27. The van der Waals surface area contributed by atoms with Gasteiger partial charge in [0.15, 0.2) is 0 Å². The fourth-order valence-corrected chi connectivity index (χ4v) is 3.60. The number of hydrogen-bond acceptors (Lipinski definition) is 0. The number of hydrogen-bond donors (Lipinski definition) is 0. The third-order valence-electron chi connectivity index (χ3n) is 5.02. The largest absolute Gasteiger partial charge is 0.207 e. The molecule has 1 atom stereocenters. The van der Waals surface area contributed by atoms with Gasteiger partial charge in [-0.3, -0.25) is 0 Å². The predicted molar refractivity (Wildman–Crippen MR) is 100 cm³/mol. The summed E-state index contributed by atoms with van der Waals surface area (Å²) in [6, 6.07) is 17.5. The van der Waals surface area contributed by atoms with Crippen molar-refractivity contribution in [3.63, 3.8) is 0 Å². The van der Waals surface area contributed by atoms with Gasteiger partial charge in [-0.05, 0) is 59.9 Å². The minimum absolute atomic E-state index is 0.157. The van der Waals surface area contributed by atoms with E-state index in [1.807, 2.05) is 12.1 Å². The first-order valence-electron chi connectivity index (χ1n) is 8.90. The van der Waals surface area contributed by atoms with E-state index in [1.165, 1.54) is 29.5 Å². The summed E-state index contributed by atoms with van der Waals surface area (Å²) >= 11 is 0. The number of benzene rings is 2. The van der Waals surface area contributed by atoms with Crippen LogP contribution in [-0.2, 0) is 6.42 Å². The smallest absolute Gasteiger partial charge is 0.123 e. The van der Waals surface area contributed by atoms with Crippen LogP contribution in [0.5, 0.6) is 0 Å². The first-order chi connectivity index (χ1) is 11.7. The Balaban J connectivity index is 1.70. The molecular formula is C23H25F. The van der Waals surface area contributed by atoms with Gasteiger partial charge in [-0.2, -0.15) is 0 Å². The van der Waals surface area contributed by atoms with Gasteiger partial charge in [0.2, 0.25) is 0 Å². The molecule has 2 aromatic carbocycles. The van der Waals surface area contributed by atoms with Crippen LogP contribution in [0.15, 0.2) is 72.8 Å². The molecule has 0 radical (unpaired) electrons. The lowest BCUT2D eigenvalue weighted by Crippen LogP contribution is -2.20. The summed E-state index contributed by atoms with van der Waals surface area (Å²) in [6.45, 7) is 2.25. The Bertz CT molecular complexity index is 709. The van der Waals surface area contributed by atoms with Crippen LogP contribution in [0.25, 0.3) is 5.57 Å². The molecule has 0 saturated carbocycles. The van der Waals surface area contributed by atoms with Crippen molar-refractivity contribution < 1.29 is 4.39 Å². The molecule has 24 heavy (non-hydrogen) atoms. The predicted octanol–water partition coefficient (Wildman–Crippen LogP) is 6.59. The Morgan fingerprint density at radius 2 is 1.71 bits per heavy atom. The molecular weight excluding hydrogens is 295 g/mol. The van der Waals surface area contributed by atoms with Crippen LogP contribution in [0.3, 0.4) is 0 Å². The monoisotopic (exact) mass is 320 g/mol. The fraction of sp³-hybridized carbons (Fsp3) is 0.304. The Morgan fingerprint density at radius 1 is 0.958 bits per heavy atom. The third-order valence-corrected chi connectivity index (χ3v) is 5.02. The van der Waals surface area contributed by atoms with Gasteiger partial charge in [0.05, 0.1) is 0 Å². The Labute approximate surface area is 144 Å². The molecule has 124 valence electrons. The van der Waals surface area contributed by atoms with Crippen LogP contribution in [-0.4, -0.2) is 0 Å². The van der Waals surface area contributed by atoms with Crippen molar-refractivity contribution in [2.75, 3.05) is 0 Å². The Hall–Kier alpha value is -2.15. The Morgan fingerprint density at radius 3 is 2.33 bits per heavy atom. The quantitative estimate of drug-likeness (QED) is 0.563. The zero-order valence-electron chi connectivity index (χ0n) is 14.3. The third kappa shape index (κ3) is 4.03. The summed E-state index contributed by atoms with van der Waals surface area (Å²) < 4.78 is 13.1. The molecule has 0 amide bonds. The highest BCUT2D eigenvalue weighted by atomic mass is 19.1. The standard InChI is InChI=1S/C23H25F/c1-2-15-23(16-12-19-8-10-22(24)11-9-19)17-13-21(14-18-23)20-6-4-3-5-7-20/h3-11,13-14,17H,2,12,15-16,18H2,1H3. The van der Waals surface area contributed by atoms with Gasteiger partial charge in [0.1, 0.15) is 5.82 Å². The first-order valence-corrected chi connectivity index (χ1v) is 8.90. The first kappa shape index (κ1) is 16.7. The lowest BCUT2D eigenvalue weighted by molar-refractivity contribution is 0.321. The molecule has 2 aromatic rings. The summed E-state index contributed by atoms with van der Waals surface area (Å²) in [6.07, 6.45) is 12.7. The van der Waals surface area contributed by atoms with E-state index in [-0.39, 0.29) is 11.2 Å². The molecule has 0 fully saturated rings. The molecule has 1 aliphatic rings. The van der Waals surface area contributed by atoms with Crippen LogP contribution in [0.4, 0.5) is 4.39 Å². The molecule has 0 heterocycles. The van der Waals surface area contributed by atoms with Crippen LogP contribution < -0.4 is 0 Å². The minimum Gasteiger partial charge on any atom is -0.207 e. The zero-order chi connectivity index (χ0) is 16.8. The molecule has 3 rings (SSSR count). The van der Waals surface area contributed by atoms with Gasteiger partial charge in [0.25, 0.3) is 0 Å². The van der Waals surface area contributed by atoms with Gasteiger partial charge in [-0.15, -0.1) is 0 Å². The molecule has 1 aliphatic carbocycles. The highest BCUT2D eigenvalue weighted by molar-refractivity contribution is 5.75. The van der Waals surface area contributed by atoms with E-state index in [0.717, 1.165) is 19.3 Å². The van der Waals surface area contributed by atoms with E-state index in [1.54, 1.807) is 12.1 Å². The van der Waals surface area contributed by atoms with Crippen molar-refractivity contribution in [1.29, 1.82) is 0 Å². The lowest BCUT2D eigenvalue weighted by atomic mass is 9.72. The summed E-state index contributed by atoms with van der Waals surface area (Å²) in [4.78, 5) is 0. The average Bonchev–Trinajstić information content (AvgIpc) is 2.63. The van der Waals surface area contributed by atoms with Crippen molar-refractivity contribution >= 4 is 5.57 Å². The van der Waals surface area contributed by atoms with E-state index < -0.39 is 0 Å². The second kappa shape index (κ2) is 7.61. The van der Waals surface area contributed by atoms with Gasteiger partial charge in [-0.25, -0.2) is 4.39 Å². The molecule has 0 bridgehead atoms. The molecule has 0 N–H and O–H groups in total. The van der Waals surface area contributed by atoms with Crippen LogP contribution >= 0.6 is 0 Å². The highest BCUT2D eigenvalue weighted by Crippen LogP contribution is 2.40. The number of aryl methyl sites for hydroxylation is 1. The van der Waals surface area contributed by atoms with Gasteiger partial charge in [-0.1, -0.05) is 74.0 Å². The van der Waals surface area contributed by atoms with Gasteiger partial charge < -0.3 is 0 Å². The summed E-state index contributed by atoms with van der Waals surface area (Å²) in [5.41, 5.74) is 4.07. The van der Waals surface area contributed by atoms with E-state index in [2.05, 4.69) is 55.5 Å². The van der Waals surface area contributed by atoms with Crippen LogP contribution in [0.2, 0.25) is 0 Å². The fourth-order valence-electron chi connectivity index (χ4n) is 3.60.